The first-order valence-electron chi connectivity index (χ1n) is 3.00. The molecule has 0 bridgehead atoms. The first kappa shape index (κ1) is 9.27. The Morgan fingerprint density at radius 2 is 2.00 bits per heavy atom. The molecular weight excluding hydrogens is 136 g/mol. The van der Waals surface area contributed by atoms with Crippen LogP contribution in [-0.4, -0.2) is 18.7 Å². The third-order valence-electron chi connectivity index (χ3n) is 1.02. The molecule has 0 aliphatic carbocycles. The molecule has 1 nitrogen and oxygen atoms in total. The van der Waals surface area contributed by atoms with Crippen molar-refractivity contribution in [2.45, 2.75) is 19.8 Å². The molecule has 0 saturated heterocycles. The number of halogens is 2. The van der Waals surface area contributed by atoms with E-state index in [1.54, 1.807) is 13.0 Å². The van der Waals surface area contributed by atoms with Crippen molar-refractivity contribution in [1.82, 2.24) is 0 Å². The molecule has 0 fully saturated rings. The summed E-state index contributed by atoms with van der Waals surface area (Å²) < 4.78 is 24.8. The number of alkyl halides is 2. The lowest BCUT2D eigenvalue weighted by molar-refractivity contribution is 0.102. The van der Waals surface area contributed by atoms with E-state index < -0.39 is 5.92 Å². The Morgan fingerprint density at radius 3 is 2.10 bits per heavy atom. The number of hydrogen-bond donors (Lipinski definition) is 0. The summed E-state index contributed by atoms with van der Waals surface area (Å²) in [6.45, 7) is 2.51. The Kier molecular flexibility index (Phi) is 3.19. The number of aliphatic imine (C=N–C) groups is 1. The minimum atomic E-state index is -2.82. The van der Waals surface area contributed by atoms with E-state index in [1.165, 1.54) is 13.1 Å². The van der Waals surface area contributed by atoms with E-state index in [0.717, 1.165) is 6.92 Å². The molecule has 0 aliphatic heterocycles. The molecule has 0 heterocycles. The van der Waals surface area contributed by atoms with Crippen LogP contribution >= 0.6 is 0 Å². The van der Waals surface area contributed by atoms with Crippen LogP contribution in [-0.2, 0) is 0 Å². The molecule has 0 atom stereocenters. The highest BCUT2D eigenvalue weighted by molar-refractivity contribution is 6.00. The standard InChI is InChI=1S/C7H11F2N/c1-4-5-6(10-3)7(2,8)9/h4-5H,1-3H3/b5-4-,10-6?. The van der Waals surface area contributed by atoms with E-state index in [1.807, 2.05) is 0 Å². The number of nitrogens with zero attached hydrogens (tertiary/aromatic N) is 1. The number of rotatable bonds is 2. The van der Waals surface area contributed by atoms with Crippen LogP contribution in [0.5, 0.6) is 0 Å². The molecule has 0 spiro atoms. The van der Waals surface area contributed by atoms with E-state index >= 15 is 0 Å². The minimum absolute atomic E-state index is 0.185. The van der Waals surface area contributed by atoms with Crippen molar-refractivity contribution in [3.8, 4) is 0 Å². The van der Waals surface area contributed by atoms with Gasteiger partial charge in [-0.15, -0.1) is 0 Å². The van der Waals surface area contributed by atoms with E-state index in [4.69, 9.17) is 0 Å². The molecule has 0 radical (unpaired) electrons. The van der Waals surface area contributed by atoms with Gasteiger partial charge in [0.15, 0.2) is 0 Å². The maximum Gasteiger partial charge on any atom is 0.286 e. The summed E-state index contributed by atoms with van der Waals surface area (Å²) in [7, 11) is 1.35. The van der Waals surface area contributed by atoms with Gasteiger partial charge >= 0.3 is 0 Å². The molecule has 58 valence electrons. The summed E-state index contributed by atoms with van der Waals surface area (Å²) in [5.74, 6) is -2.82. The molecule has 0 amide bonds. The summed E-state index contributed by atoms with van der Waals surface area (Å²) in [4.78, 5) is 3.43. The van der Waals surface area contributed by atoms with Crippen LogP contribution in [0.3, 0.4) is 0 Å². The second kappa shape index (κ2) is 3.44. The van der Waals surface area contributed by atoms with Crippen LogP contribution in [0.1, 0.15) is 13.8 Å². The molecule has 0 N–H and O–H groups in total. The zero-order valence-electron chi connectivity index (χ0n) is 6.36. The van der Waals surface area contributed by atoms with Crippen LogP contribution in [0.2, 0.25) is 0 Å². The SMILES string of the molecule is C/C=C\C(=NC)C(C)(F)F. The number of hydrogen-bond acceptors (Lipinski definition) is 1. The molecule has 0 aromatic rings. The fourth-order valence-corrected chi connectivity index (χ4v) is 0.575. The third-order valence-corrected chi connectivity index (χ3v) is 1.02. The van der Waals surface area contributed by atoms with Crippen LogP contribution in [0, 0.1) is 0 Å². The largest absolute Gasteiger partial charge is 0.287 e. The summed E-state index contributed by atoms with van der Waals surface area (Å²) in [6, 6.07) is 0. The lowest BCUT2D eigenvalue weighted by Gasteiger charge is -2.08. The molecule has 0 aromatic heterocycles. The highest BCUT2D eigenvalue weighted by atomic mass is 19.3. The van der Waals surface area contributed by atoms with Gasteiger partial charge in [-0.1, -0.05) is 6.08 Å². The van der Waals surface area contributed by atoms with E-state index in [-0.39, 0.29) is 5.71 Å². The van der Waals surface area contributed by atoms with Crippen molar-refractivity contribution in [3.05, 3.63) is 12.2 Å². The number of allylic oxidation sites excluding steroid dienone is 2. The zero-order chi connectivity index (χ0) is 8.20. The Labute approximate surface area is 59.5 Å². The van der Waals surface area contributed by atoms with Crippen molar-refractivity contribution in [2.24, 2.45) is 4.99 Å². The molecule has 0 saturated carbocycles. The molecule has 10 heavy (non-hydrogen) atoms. The zero-order valence-corrected chi connectivity index (χ0v) is 6.36. The highest BCUT2D eigenvalue weighted by Crippen LogP contribution is 2.14. The molecule has 0 rings (SSSR count). The van der Waals surface area contributed by atoms with Crippen molar-refractivity contribution >= 4 is 5.71 Å². The van der Waals surface area contributed by atoms with Gasteiger partial charge in [-0.25, -0.2) is 0 Å². The second-order valence-corrected chi connectivity index (χ2v) is 2.00. The van der Waals surface area contributed by atoms with Gasteiger partial charge in [-0.05, 0) is 13.0 Å². The second-order valence-electron chi connectivity index (χ2n) is 2.00. The van der Waals surface area contributed by atoms with Crippen LogP contribution in [0.15, 0.2) is 17.1 Å². The van der Waals surface area contributed by atoms with Crippen LogP contribution in [0.25, 0.3) is 0 Å². The van der Waals surface area contributed by atoms with Crippen molar-refractivity contribution in [2.75, 3.05) is 7.05 Å². The first-order chi connectivity index (χ1) is 4.52. The Hall–Kier alpha value is -0.730. The predicted octanol–water partition coefficient (Wildman–Crippen LogP) is 2.29. The van der Waals surface area contributed by atoms with Crippen molar-refractivity contribution in [3.63, 3.8) is 0 Å². The minimum Gasteiger partial charge on any atom is -0.287 e. The monoisotopic (exact) mass is 147 g/mol. The fourth-order valence-electron chi connectivity index (χ4n) is 0.575. The van der Waals surface area contributed by atoms with Gasteiger partial charge in [0.2, 0.25) is 0 Å². The van der Waals surface area contributed by atoms with Crippen LogP contribution in [0.4, 0.5) is 8.78 Å². The predicted molar refractivity (Wildman–Crippen MR) is 38.8 cm³/mol. The Balaban J connectivity index is 4.39. The molecule has 0 aromatic carbocycles. The fraction of sp³-hybridized carbons (Fsp3) is 0.571. The molecule has 0 unspecified atom stereocenters. The average molecular weight is 147 g/mol. The quantitative estimate of drug-likeness (QED) is 0.531. The van der Waals surface area contributed by atoms with Crippen LogP contribution < -0.4 is 0 Å². The normalized spacial score (nSPS) is 14.7. The van der Waals surface area contributed by atoms with Crippen molar-refractivity contribution in [1.29, 1.82) is 0 Å². The van der Waals surface area contributed by atoms with E-state index in [2.05, 4.69) is 4.99 Å². The van der Waals surface area contributed by atoms with Gasteiger partial charge in [0, 0.05) is 14.0 Å². The first-order valence-corrected chi connectivity index (χ1v) is 3.00. The third kappa shape index (κ3) is 2.71. The Bertz CT molecular complexity index is 153. The van der Waals surface area contributed by atoms with Crippen molar-refractivity contribution < 1.29 is 8.78 Å². The Morgan fingerprint density at radius 1 is 1.50 bits per heavy atom. The maximum absolute atomic E-state index is 12.4. The van der Waals surface area contributed by atoms with Gasteiger partial charge in [0.25, 0.3) is 5.92 Å². The molecule has 0 aliphatic rings. The van der Waals surface area contributed by atoms with E-state index in [0.29, 0.717) is 0 Å². The van der Waals surface area contributed by atoms with Gasteiger partial charge in [0.05, 0.1) is 0 Å². The lowest BCUT2D eigenvalue weighted by Crippen LogP contribution is -2.22. The smallest absolute Gasteiger partial charge is 0.286 e. The van der Waals surface area contributed by atoms with Gasteiger partial charge in [-0.3, -0.25) is 4.99 Å². The summed E-state index contributed by atoms with van der Waals surface area (Å²) in [6.07, 6.45) is 2.85. The topological polar surface area (TPSA) is 12.4 Å². The van der Waals surface area contributed by atoms with Gasteiger partial charge in [-0.2, -0.15) is 8.78 Å². The summed E-state index contributed by atoms with van der Waals surface area (Å²) >= 11 is 0. The maximum atomic E-state index is 12.4. The molecule has 3 heteroatoms. The lowest BCUT2D eigenvalue weighted by atomic mass is 10.2. The summed E-state index contributed by atoms with van der Waals surface area (Å²) in [5.41, 5.74) is -0.185. The summed E-state index contributed by atoms with van der Waals surface area (Å²) in [5, 5.41) is 0. The van der Waals surface area contributed by atoms with Gasteiger partial charge < -0.3 is 0 Å². The van der Waals surface area contributed by atoms with E-state index in [9.17, 15) is 8.78 Å². The highest BCUT2D eigenvalue weighted by Gasteiger charge is 2.26. The molecular formula is C7H11F2N. The average Bonchev–Trinajstić information content (AvgIpc) is 1.80. The van der Waals surface area contributed by atoms with Gasteiger partial charge in [0.1, 0.15) is 5.71 Å².